The SMILES string of the molecule is Cc1cccc(CN(C)c2ccc(C(=O)O)c(Br)c2)c1. The first kappa shape index (κ1) is 14.6. The van der Waals surface area contributed by atoms with Crippen molar-refractivity contribution in [1.82, 2.24) is 0 Å². The predicted octanol–water partition coefficient (Wildman–Crippen LogP) is 4.09. The minimum atomic E-state index is -0.926. The van der Waals surface area contributed by atoms with Gasteiger partial charge in [0.1, 0.15) is 0 Å². The number of benzene rings is 2. The molecule has 0 spiro atoms. The second-order valence-corrected chi connectivity index (χ2v) is 5.67. The highest BCUT2D eigenvalue weighted by Gasteiger charge is 2.10. The molecule has 104 valence electrons. The Bertz CT molecular complexity index is 640. The highest BCUT2D eigenvalue weighted by Crippen LogP contribution is 2.24. The highest BCUT2D eigenvalue weighted by atomic mass is 79.9. The summed E-state index contributed by atoms with van der Waals surface area (Å²) in [5.41, 5.74) is 3.71. The van der Waals surface area contributed by atoms with Crippen molar-refractivity contribution in [3.8, 4) is 0 Å². The summed E-state index contributed by atoms with van der Waals surface area (Å²) in [5.74, 6) is -0.926. The average Bonchev–Trinajstić information content (AvgIpc) is 2.38. The maximum absolute atomic E-state index is 11.0. The Labute approximate surface area is 127 Å². The molecule has 20 heavy (non-hydrogen) atoms. The van der Waals surface area contributed by atoms with Crippen LogP contribution in [0.3, 0.4) is 0 Å². The molecular formula is C16H16BrNO2. The van der Waals surface area contributed by atoms with Crippen LogP contribution >= 0.6 is 15.9 Å². The van der Waals surface area contributed by atoms with Crippen molar-refractivity contribution in [2.75, 3.05) is 11.9 Å². The molecule has 0 bridgehead atoms. The van der Waals surface area contributed by atoms with Crippen LogP contribution in [-0.2, 0) is 6.54 Å². The van der Waals surface area contributed by atoms with Crippen molar-refractivity contribution in [3.05, 3.63) is 63.6 Å². The third kappa shape index (κ3) is 3.39. The van der Waals surface area contributed by atoms with Crippen LogP contribution in [0.4, 0.5) is 5.69 Å². The lowest BCUT2D eigenvalue weighted by atomic mass is 10.1. The third-order valence-corrected chi connectivity index (χ3v) is 3.78. The maximum atomic E-state index is 11.0. The van der Waals surface area contributed by atoms with Gasteiger partial charge in [-0.05, 0) is 46.6 Å². The molecular weight excluding hydrogens is 318 g/mol. The number of halogens is 1. The van der Waals surface area contributed by atoms with Gasteiger partial charge in [-0.3, -0.25) is 0 Å². The quantitative estimate of drug-likeness (QED) is 0.915. The molecule has 0 saturated carbocycles. The molecule has 4 heteroatoms. The molecule has 2 rings (SSSR count). The van der Waals surface area contributed by atoms with Crippen LogP contribution in [0.2, 0.25) is 0 Å². The molecule has 0 radical (unpaired) electrons. The van der Waals surface area contributed by atoms with E-state index in [9.17, 15) is 4.79 Å². The first-order chi connectivity index (χ1) is 9.47. The van der Waals surface area contributed by atoms with E-state index < -0.39 is 5.97 Å². The zero-order chi connectivity index (χ0) is 14.7. The van der Waals surface area contributed by atoms with Crippen molar-refractivity contribution in [2.45, 2.75) is 13.5 Å². The van der Waals surface area contributed by atoms with Crippen LogP contribution in [0.25, 0.3) is 0 Å². The monoisotopic (exact) mass is 333 g/mol. The summed E-state index contributed by atoms with van der Waals surface area (Å²) in [7, 11) is 1.99. The number of carbonyl (C=O) groups is 1. The van der Waals surface area contributed by atoms with Gasteiger partial charge in [0.15, 0.2) is 0 Å². The van der Waals surface area contributed by atoms with Crippen LogP contribution in [0.15, 0.2) is 46.9 Å². The minimum absolute atomic E-state index is 0.276. The van der Waals surface area contributed by atoms with E-state index in [2.05, 4.69) is 46.0 Å². The molecule has 0 unspecified atom stereocenters. The Morgan fingerprint density at radius 3 is 2.60 bits per heavy atom. The van der Waals surface area contributed by atoms with Gasteiger partial charge in [-0.15, -0.1) is 0 Å². The standard InChI is InChI=1S/C16H16BrNO2/c1-11-4-3-5-12(8-11)10-18(2)13-6-7-14(16(19)20)15(17)9-13/h3-9H,10H2,1-2H3,(H,19,20). The number of aryl methyl sites for hydroxylation is 1. The third-order valence-electron chi connectivity index (χ3n) is 3.13. The van der Waals surface area contributed by atoms with Crippen molar-refractivity contribution < 1.29 is 9.90 Å². The van der Waals surface area contributed by atoms with E-state index in [0.717, 1.165) is 12.2 Å². The van der Waals surface area contributed by atoms with Crippen molar-refractivity contribution in [1.29, 1.82) is 0 Å². The molecule has 1 N–H and O–H groups in total. The lowest BCUT2D eigenvalue weighted by Gasteiger charge is -2.20. The normalized spacial score (nSPS) is 10.3. The Morgan fingerprint density at radius 2 is 2.00 bits per heavy atom. The average molecular weight is 334 g/mol. The van der Waals surface area contributed by atoms with Crippen LogP contribution in [-0.4, -0.2) is 18.1 Å². The molecule has 2 aromatic carbocycles. The first-order valence-electron chi connectivity index (χ1n) is 6.27. The van der Waals surface area contributed by atoms with Crippen molar-refractivity contribution >= 4 is 27.6 Å². The van der Waals surface area contributed by atoms with Gasteiger partial charge in [-0.25, -0.2) is 4.79 Å². The van der Waals surface area contributed by atoms with Gasteiger partial charge in [0.25, 0.3) is 0 Å². The van der Waals surface area contributed by atoms with Gasteiger partial charge < -0.3 is 10.0 Å². The number of anilines is 1. The molecule has 0 aliphatic heterocycles. The summed E-state index contributed by atoms with van der Waals surface area (Å²) in [4.78, 5) is 13.1. The number of rotatable bonds is 4. The predicted molar refractivity (Wildman–Crippen MR) is 84.4 cm³/mol. The van der Waals surface area contributed by atoms with E-state index in [0.29, 0.717) is 4.47 Å². The second kappa shape index (κ2) is 6.09. The van der Waals surface area contributed by atoms with Gasteiger partial charge in [0.05, 0.1) is 5.56 Å². The van der Waals surface area contributed by atoms with Gasteiger partial charge in [0, 0.05) is 23.8 Å². The Morgan fingerprint density at radius 1 is 1.25 bits per heavy atom. The molecule has 0 saturated heterocycles. The molecule has 0 aromatic heterocycles. The topological polar surface area (TPSA) is 40.5 Å². The van der Waals surface area contributed by atoms with Crippen molar-refractivity contribution in [2.24, 2.45) is 0 Å². The van der Waals surface area contributed by atoms with Crippen LogP contribution < -0.4 is 4.90 Å². The summed E-state index contributed by atoms with van der Waals surface area (Å²) in [6.07, 6.45) is 0. The Hall–Kier alpha value is -1.81. The maximum Gasteiger partial charge on any atom is 0.336 e. The largest absolute Gasteiger partial charge is 0.478 e. The van der Waals surface area contributed by atoms with Gasteiger partial charge in [0.2, 0.25) is 0 Å². The number of hydrogen-bond donors (Lipinski definition) is 1. The fourth-order valence-corrected chi connectivity index (χ4v) is 2.63. The fraction of sp³-hybridized carbons (Fsp3) is 0.188. The first-order valence-corrected chi connectivity index (χ1v) is 7.06. The molecule has 0 aliphatic carbocycles. The number of hydrogen-bond acceptors (Lipinski definition) is 2. The summed E-state index contributed by atoms with van der Waals surface area (Å²) >= 11 is 3.31. The zero-order valence-electron chi connectivity index (χ0n) is 11.4. The number of nitrogens with zero attached hydrogens (tertiary/aromatic N) is 1. The highest BCUT2D eigenvalue weighted by molar-refractivity contribution is 9.10. The van der Waals surface area contributed by atoms with Gasteiger partial charge in [-0.2, -0.15) is 0 Å². The molecule has 2 aromatic rings. The van der Waals surface area contributed by atoms with E-state index >= 15 is 0 Å². The van der Waals surface area contributed by atoms with Crippen molar-refractivity contribution in [3.63, 3.8) is 0 Å². The Kier molecular flexibility index (Phi) is 4.45. The van der Waals surface area contributed by atoms with Crippen LogP contribution in [0, 0.1) is 6.92 Å². The lowest BCUT2D eigenvalue weighted by molar-refractivity contribution is 0.0696. The minimum Gasteiger partial charge on any atom is -0.478 e. The summed E-state index contributed by atoms with van der Waals surface area (Å²) in [6.45, 7) is 2.85. The molecule has 0 amide bonds. The second-order valence-electron chi connectivity index (χ2n) is 4.81. The van der Waals surface area contributed by atoms with E-state index in [1.165, 1.54) is 11.1 Å². The molecule has 0 fully saturated rings. The Balaban J connectivity index is 2.19. The fourth-order valence-electron chi connectivity index (χ4n) is 2.09. The summed E-state index contributed by atoms with van der Waals surface area (Å²) in [5, 5.41) is 9.02. The summed E-state index contributed by atoms with van der Waals surface area (Å²) < 4.78 is 0.596. The number of carboxylic acid groups (broad SMARTS) is 1. The molecule has 0 heterocycles. The number of carboxylic acids is 1. The van der Waals surface area contributed by atoms with E-state index in [1.807, 2.05) is 25.2 Å². The lowest BCUT2D eigenvalue weighted by Crippen LogP contribution is -2.16. The smallest absolute Gasteiger partial charge is 0.336 e. The number of aromatic carboxylic acids is 1. The van der Waals surface area contributed by atoms with Gasteiger partial charge >= 0.3 is 5.97 Å². The van der Waals surface area contributed by atoms with Crippen LogP contribution in [0.1, 0.15) is 21.5 Å². The molecule has 3 nitrogen and oxygen atoms in total. The van der Waals surface area contributed by atoms with E-state index in [4.69, 9.17) is 5.11 Å². The van der Waals surface area contributed by atoms with E-state index in [1.54, 1.807) is 6.07 Å². The van der Waals surface area contributed by atoms with E-state index in [-0.39, 0.29) is 5.56 Å². The van der Waals surface area contributed by atoms with Gasteiger partial charge in [-0.1, -0.05) is 29.8 Å². The zero-order valence-corrected chi connectivity index (χ0v) is 13.0. The van der Waals surface area contributed by atoms with Crippen LogP contribution in [0.5, 0.6) is 0 Å². The molecule has 0 atom stereocenters. The molecule has 0 aliphatic rings. The summed E-state index contributed by atoms with van der Waals surface area (Å²) in [6, 6.07) is 13.6.